The second kappa shape index (κ2) is 7.35. The van der Waals surface area contributed by atoms with Gasteiger partial charge >= 0.3 is 5.97 Å². The van der Waals surface area contributed by atoms with Crippen LogP contribution < -0.4 is 5.32 Å². The molecule has 2 heterocycles. The summed E-state index contributed by atoms with van der Waals surface area (Å²) in [6.45, 7) is -0.525. The molecule has 128 valence electrons. The molecular weight excluding hydrogens is 390 g/mol. The molecule has 0 saturated heterocycles. The summed E-state index contributed by atoms with van der Waals surface area (Å²) in [6.07, 6.45) is 1.48. The van der Waals surface area contributed by atoms with E-state index < -0.39 is 24.3 Å². The molecule has 0 aliphatic carbocycles. The largest absolute Gasteiger partial charge is 0.451 e. The Morgan fingerprint density at radius 3 is 2.84 bits per heavy atom. The molecule has 3 aromatic rings. The highest BCUT2D eigenvalue weighted by Gasteiger charge is 2.20. The fourth-order valence-electron chi connectivity index (χ4n) is 2.03. The minimum absolute atomic E-state index is 0.106. The third-order valence-corrected chi connectivity index (χ3v) is 5.08. The van der Waals surface area contributed by atoms with Gasteiger partial charge in [-0.25, -0.2) is 14.2 Å². The molecule has 1 amide bonds. The molecule has 0 atom stereocenters. The maximum atomic E-state index is 13.3. The first kappa shape index (κ1) is 17.6. The molecule has 1 aromatic carbocycles. The molecule has 2 aromatic heterocycles. The highest BCUT2D eigenvalue weighted by molar-refractivity contribution is 7.21. The van der Waals surface area contributed by atoms with Crippen LogP contribution >= 0.6 is 34.5 Å². The van der Waals surface area contributed by atoms with E-state index >= 15 is 0 Å². The van der Waals surface area contributed by atoms with E-state index in [4.69, 9.17) is 27.9 Å². The molecule has 1 N–H and O–H groups in total. The normalized spacial score (nSPS) is 10.7. The molecular formula is C16H9Cl2FN2O3S. The van der Waals surface area contributed by atoms with Crippen LogP contribution in [-0.4, -0.2) is 23.5 Å². The number of halogens is 3. The molecule has 0 spiro atoms. The van der Waals surface area contributed by atoms with Crippen LogP contribution in [0.1, 0.15) is 9.67 Å². The number of anilines is 1. The number of ether oxygens (including phenoxy) is 1. The number of benzene rings is 1. The number of pyridine rings is 1. The zero-order chi connectivity index (χ0) is 18.0. The standard InChI is InChI=1S/C16H9Cl2FN2O3S/c17-13-9-4-3-8(19)6-11(9)25-14(13)16(23)24-7-12(22)21-10-2-1-5-20-15(10)18/h1-6H,7H2,(H,21,22). The number of fused-ring (bicyclic) bond motifs is 1. The van der Waals surface area contributed by atoms with E-state index in [0.29, 0.717) is 15.8 Å². The number of carbonyl (C=O) groups excluding carboxylic acids is 2. The monoisotopic (exact) mass is 398 g/mol. The van der Waals surface area contributed by atoms with E-state index in [1.54, 1.807) is 12.1 Å². The summed E-state index contributed by atoms with van der Waals surface area (Å²) in [5, 5.41) is 3.31. The van der Waals surface area contributed by atoms with Crippen LogP contribution in [0.3, 0.4) is 0 Å². The van der Waals surface area contributed by atoms with Gasteiger partial charge in [-0.3, -0.25) is 4.79 Å². The van der Waals surface area contributed by atoms with Crippen molar-refractivity contribution in [3.05, 3.63) is 57.4 Å². The summed E-state index contributed by atoms with van der Waals surface area (Å²) in [5.74, 6) is -1.77. The fourth-order valence-corrected chi connectivity index (χ4v) is 3.63. The number of rotatable bonds is 4. The van der Waals surface area contributed by atoms with Crippen LogP contribution in [0.2, 0.25) is 10.2 Å². The summed E-state index contributed by atoms with van der Waals surface area (Å²) in [4.78, 5) is 27.9. The fraction of sp³-hybridized carbons (Fsp3) is 0.0625. The maximum absolute atomic E-state index is 13.3. The van der Waals surface area contributed by atoms with E-state index in [0.717, 1.165) is 11.3 Å². The Kier molecular flexibility index (Phi) is 5.17. The van der Waals surface area contributed by atoms with Gasteiger partial charge in [-0.05, 0) is 30.3 Å². The molecule has 5 nitrogen and oxygen atoms in total. The Morgan fingerprint density at radius 2 is 2.08 bits per heavy atom. The topological polar surface area (TPSA) is 68.3 Å². The van der Waals surface area contributed by atoms with Gasteiger partial charge in [0.1, 0.15) is 10.7 Å². The van der Waals surface area contributed by atoms with Crippen LogP contribution in [0.5, 0.6) is 0 Å². The SMILES string of the molecule is O=C(COC(=O)c1sc2cc(F)ccc2c1Cl)Nc1cccnc1Cl. The van der Waals surface area contributed by atoms with E-state index in [1.807, 2.05) is 0 Å². The second-order valence-electron chi connectivity index (χ2n) is 4.85. The first-order chi connectivity index (χ1) is 12.0. The van der Waals surface area contributed by atoms with E-state index in [-0.39, 0.29) is 15.1 Å². The number of esters is 1. The van der Waals surface area contributed by atoms with Crippen LogP contribution in [0.25, 0.3) is 10.1 Å². The minimum atomic E-state index is -0.765. The van der Waals surface area contributed by atoms with Gasteiger partial charge in [0.15, 0.2) is 11.8 Å². The number of amides is 1. The molecule has 0 fully saturated rings. The quantitative estimate of drug-likeness (QED) is 0.517. The number of hydrogen-bond donors (Lipinski definition) is 1. The number of nitrogens with one attached hydrogen (secondary N) is 1. The van der Waals surface area contributed by atoms with Gasteiger partial charge in [-0.1, -0.05) is 23.2 Å². The maximum Gasteiger partial charge on any atom is 0.350 e. The van der Waals surface area contributed by atoms with Gasteiger partial charge in [0.05, 0.1) is 10.7 Å². The van der Waals surface area contributed by atoms with Crippen molar-refractivity contribution in [2.24, 2.45) is 0 Å². The van der Waals surface area contributed by atoms with E-state index in [1.165, 1.54) is 24.4 Å². The van der Waals surface area contributed by atoms with Crippen molar-refractivity contribution < 1.29 is 18.7 Å². The number of thiophene rings is 1. The Hall–Kier alpha value is -2.22. The minimum Gasteiger partial charge on any atom is -0.451 e. The molecule has 0 unspecified atom stereocenters. The van der Waals surface area contributed by atoms with Crippen molar-refractivity contribution in [3.63, 3.8) is 0 Å². The lowest BCUT2D eigenvalue weighted by atomic mass is 10.2. The molecule has 25 heavy (non-hydrogen) atoms. The number of carbonyl (C=O) groups is 2. The van der Waals surface area contributed by atoms with Crippen molar-refractivity contribution in [3.8, 4) is 0 Å². The van der Waals surface area contributed by atoms with Crippen LogP contribution in [-0.2, 0) is 9.53 Å². The predicted molar refractivity (Wildman–Crippen MR) is 95.0 cm³/mol. The Bertz CT molecular complexity index is 977. The van der Waals surface area contributed by atoms with Crippen molar-refractivity contribution in [2.45, 2.75) is 0 Å². The molecule has 0 aliphatic heterocycles. The summed E-state index contributed by atoms with van der Waals surface area (Å²) < 4.78 is 18.7. The Morgan fingerprint density at radius 1 is 1.28 bits per heavy atom. The highest BCUT2D eigenvalue weighted by atomic mass is 35.5. The van der Waals surface area contributed by atoms with Gasteiger partial charge in [0, 0.05) is 16.3 Å². The van der Waals surface area contributed by atoms with Gasteiger partial charge in [0.2, 0.25) is 0 Å². The zero-order valence-electron chi connectivity index (χ0n) is 12.4. The summed E-state index contributed by atoms with van der Waals surface area (Å²) in [6, 6.07) is 7.17. The van der Waals surface area contributed by atoms with Crippen molar-refractivity contribution in [2.75, 3.05) is 11.9 Å². The average Bonchev–Trinajstić information content (AvgIpc) is 2.91. The molecule has 0 saturated carbocycles. The summed E-state index contributed by atoms with van der Waals surface area (Å²) in [5.41, 5.74) is 0.306. The third-order valence-electron chi connectivity index (χ3n) is 3.14. The molecule has 3 rings (SSSR count). The first-order valence-electron chi connectivity index (χ1n) is 6.90. The number of nitrogens with zero attached hydrogens (tertiary/aromatic N) is 1. The van der Waals surface area contributed by atoms with Crippen LogP contribution in [0, 0.1) is 5.82 Å². The zero-order valence-corrected chi connectivity index (χ0v) is 14.7. The van der Waals surface area contributed by atoms with E-state index in [2.05, 4.69) is 10.3 Å². The first-order valence-corrected chi connectivity index (χ1v) is 8.48. The lowest BCUT2D eigenvalue weighted by molar-refractivity contribution is -0.119. The van der Waals surface area contributed by atoms with Gasteiger partial charge in [-0.15, -0.1) is 11.3 Å². The number of hydrogen-bond acceptors (Lipinski definition) is 5. The molecule has 9 heteroatoms. The van der Waals surface area contributed by atoms with Crippen LogP contribution in [0.15, 0.2) is 36.5 Å². The van der Waals surface area contributed by atoms with Gasteiger partial charge in [0.25, 0.3) is 5.91 Å². The van der Waals surface area contributed by atoms with Crippen LogP contribution in [0.4, 0.5) is 10.1 Å². The van der Waals surface area contributed by atoms with Crippen molar-refractivity contribution in [1.82, 2.24) is 4.98 Å². The molecule has 0 bridgehead atoms. The third kappa shape index (κ3) is 3.89. The highest BCUT2D eigenvalue weighted by Crippen LogP contribution is 2.36. The summed E-state index contributed by atoms with van der Waals surface area (Å²) in [7, 11) is 0. The predicted octanol–water partition coefficient (Wildman–Crippen LogP) is 4.54. The van der Waals surface area contributed by atoms with Gasteiger partial charge < -0.3 is 10.1 Å². The second-order valence-corrected chi connectivity index (χ2v) is 6.64. The smallest absolute Gasteiger partial charge is 0.350 e. The summed E-state index contributed by atoms with van der Waals surface area (Å²) >= 11 is 13.0. The van der Waals surface area contributed by atoms with Crippen molar-refractivity contribution >= 4 is 62.2 Å². The number of aromatic nitrogens is 1. The average molecular weight is 399 g/mol. The Balaban J connectivity index is 1.67. The van der Waals surface area contributed by atoms with Gasteiger partial charge in [-0.2, -0.15) is 0 Å². The lowest BCUT2D eigenvalue weighted by Gasteiger charge is -2.06. The Labute approximate surface area is 155 Å². The van der Waals surface area contributed by atoms with Crippen molar-refractivity contribution in [1.29, 1.82) is 0 Å². The molecule has 0 aliphatic rings. The molecule has 0 radical (unpaired) electrons. The lowest BCUT2D eigenvalue weighted by Crippen LogP contribution is -2.21. The van der Waals surface area contributed by atoms with E-state index in [9.17, 15) is 14.0 Å².